The average molecular weight is 304 g/mol. The number of carbonyl (C=O) groups excluding carboxylic acids is 2. The Bertz CT molecular complexity index is 707. The van der Waals surface area contributed by atoms with Crippen LogP contribution in [-0.2, 0) is 4.74 Å². The zero-order valence-electron chi connectivity index (χ0n) is 12.0. The molecule has 1 aromatic heterocycles. The van der Waals surface area contributed by atoms with Crippen molar-refractivity contribution in [3.8, 4) is 0 Å². The molecule has 21 heavy (non-hydrogen) atoms. The summed E-state index contributed by atoms with van der Waals surface area (Å²) in [6, 6.07) is 7.20. The zero-order chi connectivity index (χ0) is 15.6. The quantitative estimate of drug-likeness (QED) is 0.854. The third kappa shape index (κ3) is 3.22. The number of aryl methyl sites for hydroxylation is 2. The van der Waals surface area contributed by atoms with Gasteiger partial charge in [0.15, 0.2) is 0 Å². The molecule has 0 saturated heterocycles. The van der Waals surface area contributed by atoms with Crippen LogP contribution in [0.3, 0.4) is 0 Å². The maximum Gasteiger partial charge on any atom is 0.340 e. The third-order valence-electron chi connectivity index (χ3n) is 3.02. The number of anilines is 2. The molecule has 110 valence electrons. The van der Waals surface area contributed by atoms with Crippen molar-refractivity contribution in [1.29, 1.82) is 0 Å². The maximum atomic E-state index is 12.2. The van der Waals surface area contributed by atoms with E-state index in [1.807, 2.05) is 32.0 Å². The number of carbonyl (C=O) groups is 2. The highest BCUT2D eigenvalue weighted by atomic mass is 32.1. The van der Waals surface area contributed by atoms with Gasteiger partial charge in [0, 0.05) is 5.69 Å². The van der Waals surface area contributed by atoms with Crippen LogP contribution in [0.5, 0.6) is 0 Å². The van der Waals surface area contributed by atoms with E-state index >= 15 is 0 Å². The SMILES string of the molecule is COC(=O)c1cc(C(=O)Nc2ccc(C)cc2C)sc1N. The van der Waals surface area contributed by atoms with Gasteiger partial charge in [-0.05, 0) is 31.5 Å². The number of rotatable bonds is 3. The minimum atomic E-state index is -0.547. The lowest BCUT2D eigenvalue weighted by Crippen LogP contribution is -2.11. The molecule has 2 rings (SSSR count). The Hall–Kier alpha value is -2.34. The van der Waals surface area contributed by atoms with Crippen LogP contribution in [0, 0.1) is 13.8 Å². The van der Waals surface area contributed by atoms with Crippen LogP contribution in [-0.4, -0.2) is 19.0 Å². The molecule has 0 aliphatic rings. The normalized spacial score (nSPS) is 10.2. The van der Waals surface area contributed by atoms with Crippen molar-refractivity contribution < 1.29 is 14.3 Å². The number of nitrogens with one attached hydrogen (secondary N) is 1. The molecule has 0 aliphatic heterocycles. The second kappa shape index (κ2) is 5.97. The van der Waals surface area contributed by atoms with Gasteiger partial charge in [-0.15, -0.1) is 11.3 Å². The number of hydrogen-bond donors (Lipinski definition) is 2. The van der Waals surface area contributed by atoms with Gasteiger partial charge in [0.1, 0.15) is 5.00 Å². The summed E-state index contributed by atoms with van der Waals surface area (Å²) in [5.41, 5.74) is 8.78. The molecule has 0 unspecified atom stereocenters. The Labute approximate surface area is 126 Å². The molecule has 6 heteroatoms. The molecule has 0 atom stereocenters. The summed E-state index contributed by atoms with van der Waals surface area (Å²) in [6.45, 7) is 3.91. The Balaban J connectivity index is 2.23. The summed E-state index contributed by atoms with van der Waals surface area (Å²) in [5, 5.41) is 3.09. The first-order chi connectivity index (χ1) is 9.92. The number of nitrogens with two attached hydrogens (primary N) is 1. The van der Waals surface area contributed by atoms with Crippen molar-refractivity contribution in [1.82, 2.24) is 0 Å². The zero-order valence-corrected chi connectivity index (χ0v) is 12.8. The van der Waals surface area contributed by atoms with E-state index in [4.69, 9.17) is 5.73 Å². The number of amides is 1. The highest BCUT2D eigenvalue weighted by Crippen LogP contribution is 2.27. The lowest BCUT2D eigenvalue weighted by Gasteiger charge is -2.07. The second-order valence-corrected chi connectivity index (χ2v) is 5.74. The van der Waals surface area contributed by atoms with E-state index in [1.54, 1.807) is 0 Å². The summed E-state index contributed by atoms with van der Waals surface area (Å²) in [4.78, 5) is 24.1. The van der Waals surface area contributed by atoms with E-state index in [0.29, 0.717) is 4.88 Å². The topological polar surface area (TPSA) is 81.4 Å². The van der Waals surface area contributed by atoms with Crippen LogP contribution in [0.2, 0.25) is 0 Å². The smallest absolute Gasteiger partial charge is 0.340 e. The van der Waals surface area contributed by atoms with Crippen molar-refractivity contribution in [3.63, 3.8) is 0 Å². The molecule has 2 aromatic rings. The van der Waals surface area contributed by atoms with Gasteiger partial charge in [-0.25, -0.2) is 4.79 Å². The number of esters is 1. The molecule has 0 aliphatic carbocycles. The van der Waals surface area contributed by atoms with Gasteiger partial charge < -0.3 is 15.8 Å². The summed E-state index contributed by atoms with van der Waals surface area (Å²) < 4.78 is 4.62. The van der Waals surface area contributed by atoms with Gasteiger partial charge in [0.05, 0.1) is 17.6 Å². The van der Waals surface area contributed by atoms with Crippen molar-refractivity contribution in [2.45, 2.75) is 13.8 Å². The predicted molar refractivity (Wildman–Crippen MR) is 83.9 cm³/mol. The Morgan fingerprint density at radius 1 is 1.24 bits per heavy atom. The second-order valence-electron chi connectivity index (χ2n) is 4.65. The van der Waals surface area contributed by atoms with Crippen LogP contribution in [0.25, 0.3) is 0 Å². The molecule has 0 spiro atoms. The largest absolute Gasteiger partial charge is 0.465 e. The molecule has 5 nitrogen and oxygen atoms in total. The monoisotopic (exact) mass is 304 g/mol. The average Bonchev–Trinajstić information content (AvgIpc) is 2.83. The number of thiophene rings is 1. The number of ether oxygens (including phenoxy) is 1. The van der Waals surface area contributed by atoms with Gasteiger partial charge in [-0.2, -0.15) is 0 Å². The fraction of sp³-hybridized carbons (Fsp3) is 0.200. The molecule has 0 saturated carbocycles. The van der Waals surface area contributed by atoms with Gasteiger partial charge in [0.25, 0.3) is 5.91 Å². The Morgan fingerprint density at radius 3 is 2.57 bits per heavy atom. The van der Waals surface area contributed by atoms with E-state index < -0.39 is 5.97 Å². The van der Waals surface area contributed by atoms with Crippen molar-refractivity contribution in [3.05, 3.63) is 45.8 Å². The van der Waals surface area contributed by atoms with Crippen LogP contribution in [0.4, 0.5) is 10.7 Å². The lowest BCUT2D eigenvalue weighted by atomic mass is 10.1. The molecule has 1 heterocycles. The summed E-state index contributed by atoms with van der Waals surface area (Å²) in [5.74, 6) is -0.844. The Morgan fingerprint density at radius 2 is 1.95 bits per heavy atom. The number of benzene rings is 1. The third-order valence-corrected chi connectivity index (χ3v) is 3.98. The molecule has 0 bridgehead atoms. The molecule has 3 N–H and O–H groups in total. The first-order valence-corrected chi connectivity index (χ1v) is 7.10. The first-order valence-electron chi connectivity index (χ1n) is 6.28. The van der Waals surface area contributed by atoms with Crippen molar-refractivity contribution >= 4 is 33.9 Å². The molecular weight excluding hydrogens is 288 g/mol. The van der Waals surface area contributed by atoms with E-state index in [2.05, 4.69) is 10.1 Å². The van der Waals surface area contributed by atoms with Crippen molar-refractivity contribution in [2.24, 2.45) is 0 Å². The minimum Gasteiger partial charge on any atom is -0.465 e. The van der Waals surface area contributed by atoms with Crippen LogP contribution < -0.4 is 11.1 Å². The molecule has 1 aromatic carbocycles. The van der Waals surface area contributed by atoms with Crippen LogP contribution in [0.1, 0.15) is 31.2 Å². The number of nitrogen functional groups attached to an aromatic ring is 1. The summed E-state index contributed by atoms with van der Waals surface area (Å²) in [7, 11) is 1.27. The fourth-order valence-electron chi connectivity index (χ4n) is 1.92. The number of hydrogen-bond acceptors (Lipinski definition) is 5. The van der Waals surface area contributed by atoms with Gasteiger partial charge in [0.2, 0.25) is 0 Å². The van der Waals surface area contributed by atoms with E-state index in [-0.39, 0.29) is 16.5 Å². The highest BCUT2D eigenvalue weighted by Gasteiger charge is 2.18. The molecular formula is C15H16N2O3S. The molecule has 1 amide bonds. The van der Waals surface area contributed by atoms with Crippen LogP contribution in [0.15, 0.2) is 24.3 Å². The maximum absolute atomic E-state index is 12.2. The summed E-state index contributed by atoms with van der Waals surface area (Å²) >= 11 is 1.06. The van der Waals surface area contributed by atoms with E-state index in [1.165, 1.54) is 13.2 Å². The van der Waals surface area contributed by atoms with Gasteiger partial charge >= 0.3 is 5.97 Å². The molecule has 0 fully saturated rings. The predicted octanol–water partition coefficient (Wildman–Crippen LogP) is 2.99. The first kappa shape index (κ1) is 15.1. The molecule has 0 radical (unpaired) electrons. The highest BCUT2D eigenvalue weighted by molar-refractivity contribution is 7.18. The van der Waals surface area contributed by atoms with Crippen LogP contribution >= 0.6 is 11.3 Å². The van der Waals surface area contributed by atoms with Gasteiger partial charge in [-0.3, -0.25) is 4.79 Å². The van der Waals surface area contributed by atoms with Crippen molar-refractivity contribution in [2.75, 3.05) is 18.2 Å². The van der Waals surface area contributed by atoms with Gasteiger partial charge in [-0.1, -0.05) is 17.7 Å². The van der Waals surface area contributed by atoms with E-state index in [0.717, 1.165) is 28.2 Å². The Kier molecular flexibility index (Phi) is 4.28. The minimum absolute atomic E-state index is 0.216. The summed E-state index contributed by atoms with van der Waals surface area (Å²) in [6.07, 6.45) is 0. The fourth-order valence-corrected chi connectivity index (χ4v) is 2.73. The lowest BCUT2D eigenvalue weighted by molar-refractivity contribution is 0.0602. The number of methoxy groups -OCH3 is 1. The standard InChI is InChI=1S/C15H16N2O3S/c1-8-4-5-11(9(2)6-8)17-14(18)12-7-10(13(16)21-12)15(19)20-3/h4-7H,16H2,1-3H3,(H,17,18). The van der Waals surface area contributed by atoms with E-state index in [9.17, 15) is 9.59 Å².